The molecule has 23 heavy (non-hydrogen) atoms. The largest absolute Gasteiger partial charge is 0.545 e. The molecule has 0 aliphatic carbocycles. The topological polar surface area (TPSA) is 49.4 Å². The van der Waals surface area contributed by atoms with Crippen molar-refractivity contribution in [3.8, 4) is 0 Å². The summed E-state index contributed by atoms with van der Waals surface area (Å²) in [6.07, 6.45) is 10.8. The number of rotatable bonds is 7. The van der Waals surface area contributed by atoms with E-state index in [4.69, 9.17) is 4.74 Å². The number of carbonyl (C=O) groups excluding carboxylic acids is 1. The number of methoxy groups -OCH3 is 1. The third kappa shape index (κ3) is 6.38. The molecule has 0 bridgehead atoms. The molecule has 3 nitrogen and oxygen atoms in total. The normalized spacial score (nSPS) is 13.4. The third-order valence-corrected chi connectivity index (χ3v) is 4.53. The second-order valence-electron chi connectivity index (χ2n) is 5.36. The quantitative estimate of drug-likeness (QED) is 0.565. The van der Waals surface area contributed by atoms with Crippen molar-refractivity contribution in [3.63, 3.8) is 0 Å². The average Bonchev–Trinajstić information content (AvgIpc) is 2.71. The van der Waals surface area contributed by atoms with Gasteiger partial charge in [0.05, 0.1) is 12.6 Å². The van der Waals surface area contributed by atoms with E-state index in [0.29, 0.717) is 12.2 Å². The predicted octanol–water partition coefficient (Wildman–Crippen LogP) is 3.72. The smallest absolute Gasteiger partial charge is 0.0808 e. The highest BCUT2D eigenvalue weighted by Gasteiger charge is 2.09. The summed E-state index contributed by atoms with van der Waals surface area (Å²) in [5.74, 6) is -1.18. The van der Waals surface area contributed by atoms with Gasteiger partial charge in [0.2, 0.25) is 0 Å². The second kappa shape index (κ2) is 9.28. The molecule has 0 N–H and O–H groups in total. The van der Waals surface area contributed by atoms with Crippen LogP contribution in [0.4, 0.5) is 0 Å². The molecule has 0 atom stereocenters. The van der Waals surface area contributed by atoms with Crippen LogP contribution in [0.15, 0.2) is 41.5 Å². The first-order valence-corrected chi connectivity index (χ1v) is 8.17. The molecule has 1 rings (SSSR count). The Labute approximate surface area is 142 Å². The van der Waals surface area contributed by atoms with Crippen molar-refractivity contribution in [1.29, 1.82) is 0 Å². The first-order valence-electron chi connectivity index (χ1n) is 7.35. The number of allylic oxidation sites excluding steroid dienone is 6. The van der Waals surface area contributed by atoms with E-state index in [9.17, 15) is 9.90 Å². The fourth-order valence-electron chi connectivity index (χ4n) is 2.10. The van der Waals surface area contributed by atoms with Crippen molar-refractivity contribution in [2.45, 2.75) is 34.3 Å². The Bertz CT molecular complexity index is 673. The summed E-state index contributed by atoms with van der Waals surface area (Å²) in [4.78, 5) is 13.0. The highest BCUT2D eigenvalue weighted by atomic mass is 32.1. The van der Waals surface area contributed by atoms with E-state index in [1.807, 2.05) is 19.1 Å². The van der Waals surface area contributed by atoms with Gasteiger partial charge in [0.15, 0.2) is 0 Å². The Balaban J connectivity index is 2.83. The Hall–Kier alpha value is -1.91. The molecule has 1 aromatic rings. The van der Waals surface area contributed by atoms with Gasteiger partial charge >= 0.3 is 0 Å². The lowest BCUT2D eigenvalue weighted by Gasteiger charge is -1.98. The fraction of sp³-hybridized carbons (Fsp3) is 0.316. The van der Waals surface area contributed by atoms with Crippen LogP contribution < -0.4 is 5.11 Å². The molecule has 0 spiro atoms. The molecule has 4 heteroatoms. The van der Waals surface area contributed by atoms with Gasteiger partial charge in [0.1, 0.15) is 0 Å². The van der Waals surface area contributed by atoms with Gasteiger partial charge < -0.3 is 14.6 Å². The molecule has 1 heterocycles. The van der Waals surface area contributed by atoms with Gasteiger partial charge in [-0.15, -0.1) is 11.3 Å². The molecule has 0 fully saturated rings. The molecule has 0 amide bonds. The van der Waals surface area contributed by atoms with Gasteiger partial charge in [0.25, 0.3) is 0 Å². The molecule has 1 aromatic heterocycles. The summed E-state index contributed by atoms with van der Waals surface area (Å²) in [7, 11) is 1.71. The summed E-state index contributed by atoms with van der Waals surface area (Å²) >= 11 is 1.77. The maximum absolute atomic E-state index is 10.4. The molecule has 124 valence electrons. The zero-order valence-corrected chi connectivity index (χ0v) is 15.1. The summed E-state index contributed by atoms with van der Waals surface area (Å²) in [5, 5.41) is 10.4. The molecule has 0 saturated heterocycles. The predicted molar refractivity (Wildman–Crippen MR) is 95.2 cm³/mol. The van der Waals surface area contributed by atoms with Crippen LogP contribution in [0.5, 0.6) is 0 Å². The molecule has 0 aliphatic heterocycles. The van der Waals surface area contributed by atoms with Crippen LogP contribution in [-0.4, -0.2) is 13.1 Å². The van der Waals surface area contributed by atoms with Gasteiger partial charge in [-0.3, -0.25) is 0 Å². The van der Waals surface area contributed by atoms with Crippen LogP contribution in [0, 0.1) is 13.8 Å². The lowest BCUT2D eigenvalue weighted by Crippen LogP contribution is -2.19. The number of aliphatic carboxylic acids is 1. The number of carboxylic acid groups (broad SMARTS) is 1. The van der Waals surface area contributed by atoms with Crippen molar-refractivity contribution < 1.29 is 14.6 Å². The highest BCUT2D eigenvalue weighted by molar-refractivity contribution is 7.12. The second-order valence-corrected chi connectivity index (χ2v) is 6.67. The van der Waals surface area contributed by atoms with E-state index in [1.165, 1.54) is 20.9 Å². The van der Waals surface area contributed by atoms with Crippen molar-refractivity contribution in [1.82, 2.24) is 0 Å². The first kappa shape index (κ1) is 19.1. The van der Waals surface area contributed by atoms with E-state index in [1.54, 1.807) is 31.4 Å². The van der Waals surface area contributed by atoms with Crippen LogP contribution in [0.1, 0.15) is 34.7 Å². The number of carbonyl (C=O) groups is 1. The molecular formula is C19H23O3S-. The standard InChI is InChI=1S/C19H24O3S/c1-13(7-6-8-14(2)11-19(20)21)9-10-17-15(3)18(12-22-5)23-16(17)4/h6-11H,12H2,1-5H3,(H,20,21)/p-1/b8-6+,10-9+,13-7+,14-11+. The number of aryl methyl sites for hydroxylation is 1. The monoisotopic (exact) mass is 331 g/mol. The van der Waals surface area contributed by atoms with Crippen molar-refractivity contribution in [2.24, 2.45) is 0 Å². The minimum atomic E-state index is -1.18. The van der Waals surface area contributed by atoms with Crippen LogP contribution >= 0.6 is 11.3 Å². The Kier molecular flexibility index (Phi) is 7.72. The fourth-order valence-corrected chi connectivity index (χ4v) is 3.24. The number of thiophene rings is 1. The number of hydrogen-bond donors (Lipinski definition) is 0. The summed E-state index contributed by atoms with van der Waals surface area (Å²) in [6, 6.07) is 0. The zero-order valence-electron chi connectivity index (χ0n) is 14.3. The van der Waals surface area contributed by atoms with E-state index < -0.39 is 5.97 Å². The molecule has 0 unspecified atom stereocenters. The van der Waals surface area contributed by atoms with E-state index in [-0.39, 0.29) is 0 Å². The lowest BCUT2D eigenvalue weighted by molar-refractivity contribution is -0.297. The maximum Gasteiger partial charge on any atom is 0.0808 e. The number of ether oxygens (including phenoxy) is 1. The van der Waals surface area contributed by atoms with Crippen molar-refractivity contribution in [2.75, 3.05) is 7.11 Å². The van der Waals surface area contributed by atoms with Crippen LogP contribution in [0.2, 0.25) is 0 Å². The lowest BCUT2D eigenvalue weighted by atomic mass is 10.1. The SMILES string of the molecule is COCc1sc(C)c(/C=C/C(C)=C/C=C/C(C)=C/C(=O)[O-])c1C. The minimum Gasteiger partial charge on any atom is -0.545 e. The van der Waals surface area contributed by atoms with Gasteiger partial charge in [-0.1, -0.05) is 36.0 Å². The maximum atomic E-state index is 10.4. The summed E-state index contributed by atoms with van der Waals surface area (Å²) in [5.41, 5.74) is 4.24. The van der Waals surface area contributed by atoms with Gasteiger partial charge in [-0.05, 0) is 50.5 Å². The van der Waals surface area contributed by atoms with Gasteiger partial charge in [-0.2, -0.15) is 0 Å². The van der Waals surface area contributed by atoms with Crippen LogP contribution in [0.25, 0.3) is 6.08 Å². The minimum absolute atomic E-state index is 0.645. The van der Waals surface area contributed by atoms with Gasteiger partial charge in [0, 0.05) is 16.9 Å². The van der Waals surface area contributed by atoms with Crippen molar-refractivity contribution in [3.05, 3.63) is 62.4 Å². The Morgan fingerprint density at radius 1 is 1.22 bits per heavy atom. The number of carboxylic acids is 1. The molecule has 0 saturated carbocycles. The van der Waals surface area contributed by atoms with E-state index >= 15 is 0 Å². The molecule has 0 aromatic carbocycles. The third-order valence-electron chi connectivity index (χ3n) is 3.33. The summed E-state index contributed by atoms with van der Waals surface area (Å²) < 4.78 is 5.22. The first-order chi connectivity index (χ1) is 10.8. The Morgan fingerprint density at radius 2 is 1.91 bits per heavy atom. The van der Waals surface area contributed by atoms with E-state index in [0.717, 1.165) is 11.6 Å². The molecular weight excluding hydrogens is 308 g/mol. The zero-order chi connectivity index (χ0) is 17.4. The van der Waals surface area contributed by atoms with Crippen LogP contribution in [-0.2, 0) is 16.1 Å². The molecule has 0 radical (unpaired) electrons. The molecule has 0 aliphatic rings. The van der Waals surface area contributed by atoms with Crippen LogP contribution in [0.3, 0.4) is 0 Å². The highest BCUT2D eigenvalue weighted by Crippen LogP contribution is 2.29. The average molecular weight is 331 g/mol. The number of hydrogen-bond acceptors (Lipinski definition) is 4. The van der Waals surface area contributed by atoms with Gasteiger partial charge in [-0.25, -0.2) is 0 Å². The van der Waals surface area contributed by atoms with Crippen molar-refractivity contribution >= 4 is 23.4 Å². The summed E-state index contributed by atoms with van der Waals surface area (Å²) in [6.45, 7) is 8.60. The van der Waals surface area contributed by atoms with E-state index in [2.05, 4.69) is 26.0 Å². The Morgan fingerprint density at radius 3 is 2.52 bits per heavy atom.